The summed E-state index contributed by atoms with van der Waals surface area (Å²) in [6.07, 6.45) is 2.09. The van der Waals surface area contributed by atoms with Crippen LogP contribution in [0.3, 0.4) is 0 Å². The first-order valence-corrected chi connectivity index (χ1v) is 5.83. The summed E-state index contributed by atoms with van der Waals surface area (Å²) in [6.45, 7) is 15.6. The number of fused-ring (bicyclic) bond motifs is 1. The Morgan fingerprint density at radius 1 is 1.27 bits per heavy atom. The lowest BCUT2D eigenvalue weighted by molar-refractivity contribution is -0.105. The van der Waals surface area contributed by atoms with Crippen LogP contribution in [0.1, 0.15) is 41.0 Å². The molecule has 15 heavy (non-hydrogen) atoms. The average Bonchev–Trinajstić information content (AvgIpc) is 2.41. The number of hydrogen-bond donors (Lipinski definition) is 0. The Kier molecular flexibility index (Phi) is 1.86. The number of rotatable bonds is 2. The van der Waals surface area contributed by atoms with Crippen LogP contribution in [0.25, 0.3) is 0 Å². The van der Waals surface area contributed by atoms with Crippen LogP contribution in [-0.4, -0.2) is 6.29 Å². The second-order valence-electron chi connectivity index (χ2n) is 6.84. The van der Waals surface area contributed by atoms with Crippen molar-refractivity contribution in [1.29, 1.82) is 0 Å². The molecule has 0 aromatic heterocycles. The Hall–Kier alpha value is -0.590. The molecule has 3 atom stereocenters. The highest BCUT2D eigenvalue weighted by Crippen LogP contribution is 2.83. The van der Waals surface area contributed by atoms with Gasteiger partial charge in [-0.1, -0.05) is 41.2 Å². The predicted molar refractivity (Wildman–Crippen MR) is 62.5 cm³/mol. The summed E-state index contributed by atoms with van der Waals surface area (Å²) in [7, 11) is 0. The third kappa shape index (κ3) is 1.02. The summed E-state index contributed by atoms with van der Waals surface area (Å²) in [4.78, 5) is 10.9. The summed E-state index contributed by atoms with van der Waals surface area (Å²) in [5.74, 6) is 1.12. The molecule has 2 aliphatic carbocycles. The van der Waals surface area contributed by atoms with Crippen LogP contribution in [0.5, 0.6) is 0 Å². The molecule has 2 aliphatic rings. The van der Waals surface area contributed by atoms with E-state index in [2.05, 4.69) is 41.2 Å². The van der Waals surface area contributed by atoms with E-state index in [1.165, 1.54) is 0 Å². The lowest BCUT2D eigenvalue weighted by Gasteiger charge is -2.34. The van der Waals surface area contributed by atoms with Crippen LogP contribution >= 0.6 is 0 Å². The maximum absolute atomic E-state index is 10.9. The second-order valence-corrected chi connectivity index (χ2v) is 6.84. The number of carbonyl (C=O) groups is 1. The van der Waals surface area contributed by atoms with Gasteiger partial charge in [-0.15, -0.1) is 0 Å². The summed E-state index contributed by atoms with van der Waals surface area (Å²) in [5, 5.41) is 0. The van der Waals surface area contributed by atoms with Gasteiger partial charge in [0.25, 0.3) is 0 Å². The van der Waals surface area contributed by atoms with Crippen LogP contribution in [-0.2, 0) is 4.79 Å². The highest BCUT2D eigenvalue weighted by molar-refractivity contribution is 5.73. The Balaban J connectivity index is 2.33. The fraction of sp³-hybridized carbons (Fsp3) is 0.786. The van der Waals surface area contributed by atoms with E-state index in [4.69, 9.17) is 0 Å². The summed E-state index contributed by atoms with van der Waals surface area (Å²) in [5.41, 5.74) is 1.89. The molecule has 0 spiro atoms. The van der Waals surface area contributed by atoms with Crippen LogP contribution < -0.4 is 0 Å². The molecule has 0 aromatic rings. The van der Waals surface area contributed by atoms with Crippen molar-refractivity contribution in [3.05, 3.63) is 12.2 Å². The molecule has 1 nitrogen and oxygen atoms in total. The molecule has 0 amide bonds. The molecule has 2 unspecified atom stereocenters. The number of hydrogen-bond acceptors (Lipinski definition) is 1. The van der Waals surface area contributed by atoms with Crippen LogP contribution in [0.15, 0.2) is 12.2 Å². The van der Waals surface area contributed by atoms with E-state index >= 15 is 0 Å². The van der Waals surface area contributed by atoms with Gasteiger partial charge < -0.3 is 0 Å². The molecule has 0 saturated heterocycles. The lowest BCUT2D eigenvalue weighted by atomic mass is 9.70. The summed E-state index contributed by atoms with van der Waals surface area (Å²) in [6, 6.07) is 0. The molecule has 1 heteroatoms. The minimum Gasteiger partial charge on any atom is -0.298 e. The lowest BCUT2D eigenvalue weighted by Crippen LogP contribution is -2.28. The van der Waals surface area contributed by atoms with E-state index in [1.54, 1.807) is 0 Å². The van der Waals surface area contributed by atoms with E-state index < -0.39 is 0 Å². The standard InChI is InChI=1S/C14H22O/c1-9(8-15)10-7-14(6)11(12(10,2)3)13(14,4)5/h8,10-11H,1,7H2,2-6H3/t10?,11?,14-/m1/s1. The fourth-order valence-electron chi connectivity index (χ4n) is 4.78. The van der Waals surface area contributed by atoms with Crippen molar-refractivity contribution < 1.29 is 4.79 Å². The second kappa shape index (κ2) is 2.56. The van der Waals surface area contributed by atoms with Crippen molar-refractivity contribution in [3.63, 3.8) is 0 Å². The first kappa shape index (κ1) is 10.9. The molecule has 0 N–H and O–H groups in total. The van der Waals surface area contributed by atoms with Gasteiger partial charge in [0, 0.05) is 0 Å². The number of aldehydes is 1. The Morgan fingerprint density at radius 2 is 1.80 bits per heavy atom. The largest absolute Gasteiger partial charge is 0.298 e. The third-order valence-electron chi connectivity index (χ3n) is 5.62. The molecule has 0 heterocycles. The monoisotopic (exact) mass is 206 g/mol. The quantitative estimate of drug-likeness (QED) is 0.499. The van der Waals surface area contributed by atoms with Gasteiger partial charge in [-0.25, -0.2) is 0 Å². The Labute approximate surface area is 92.9 Å². The van der Waals surface area contributed by atoms with Crippen molar-refractivity contribution in [1.82, 2.24) is 0 Å². The zero-order chi connectivity index (χ0) is 11.6. The Bertz CT molecular complexity index is 337. The van der Waals surface area contributed by atoms with Crippen molar-refractivity contribution in [2.45, 2.75) is 41.0 Å². The van der Waals surface area contributed by atoms with E-state index in [0.29, 0.717) is 16.7 Å². The molecule has 2 rings (SSSR count). The molecule has 0 aromatic carbocycles. The van der Waals surface area contributed by atoms with Gasteiger partial charge in [0.1, 0.15) is 6.29 Å². The zero-order valence-corrected chi connectivity index (χ0v) is 10.6. The van der Waals surface area contributed by atoms with Gasteiger partial charge >= 0.3 is 0 Å². The van der Waals surface area contributed by atoms with E-state index in [0.717, 1.165) is 24.2 Å². The Morgan fingerprint density at radius 3 is 2.13 bits per heavy atom. The molecule has 2 saturated carbocycles. The first-order valence-electron chi connectivity index (χ1n) is 5.83. The van der Waals surface area contributed by atoms with Gasteiger partial charge in [0.15, 0.2) is 0 Å². The average molecular weight is 206 g/mol. The molecule has 0 bridgehead atoms. The molecule has 0 aliphatic heterocycles. The smallest absolute Gasteiger partial charge is 0.145 e. The molecule has 2 fully saturated rings. The van der Waals surface area contributed by atoms with Gasteiger partial charge in [0.05, 0.1) is 0 Å². The normalized spacial score (nSPS) is 44.6. The highest BCUT2D eigenvalue weighted by atomic mass is 16.1. The topological polar surface area (TPSA) is 17.1 Å². The van der Waals surface area contributed by atoms with Gasteiger partial charge in [-0.3, -0.25) is 4.79 Å². The highest BCUT2D eigenvalue weighted by Gasteiger charge is 2.77. The minimum absolute atomic E-state index is 0.232. The fourth-order valence-corrected chi connectivity index (χ4v) is 4.78. The van der Waals surface area contributed by atoms with Gasteiger partial charge in [-0.2, -0.15) is 0 Å². The third-order valence-corrected chi connectivity index (χ3v) is 5.62. The van der Waals surface area contributed by atoms with Crippen molar-refractivity contribution in [2.24, 2.45) is 28.1 Å². The van der Waals surface area contributed by atoms with Crippen molar-refractivity contribution >= 4 is 6.29 Å². The zero-order valence-electron chi connectivity index (χ0n) is 10.6. The maximum atomic E-state index is 10.9. The molecular formula is C14H22O. The SMILES string of the molecule is C=C(C=O)C1C[C@]2(C)C(C1(C)C)C2(C)C. The van der Waals surface area contributed by atoms with Crippen LogP contribution in [0.2, 0.25) is 0 Å². The van der Waals surface area contributed by atoms with Gasteiger partial charge in [0.2, 0.25) is 0 Å². The summed E-state index contributed by atoms with van der Waals surface area (Å²) < 4.78 is 0. The maximum Gasteiger partial charge on any atom is 0.145 e. The number of carbonyl (C=O) groups excluding carboxylic acids is 1. The van der Waals surface area contributed by atoms with Crippen molar-refractivity contribution in [2.75, 3.05) is 0 Å². The number of allylic oxidation sites excluding steroid dienone is 1. The van der Waals surface area contributed by atoms with Crippen LogP contribution in [0, 0.1) is 28.1 Å². The van der Waals surface area contributed by atoms with E-state index in [1.807, 2.05) is 0 Å². The molecular weight excluding hydrogens is 184 g/mol. The molecule has 0 radical (unpaired) electrons. The predicted octanol–water partition coefficient (Wildman–Crippen LogP) is 3.45. The van der Waals surface area contributed by atoms with Crippen LogP contribution in [0.4, 0.5) is 0 Å². The van der Waals surface area contributed by atoms with E-state index in [-0.39, 0.29) is 5.41 Å². The van der Waals surface area contributed by atoms with E-state index in [9.17, 15) is 4.79 Å². The van der Waals surface area contributed by atoms with Crippen molar-refractivity contribution in [3.8, 4) is 0 Å². The molecule has 84 valence electrons. The van der Waals surface area contributed by atoms with Gasteiger partial charge in [-0.05, 0) is 40.1 Å². The summed E-state index contributed by atoms with van der Waals surface area (Å²) >= 11 is 0. The minimum atomic E-state index is 0.232. The first-order chi connectivity index (χ1) is 6.69.